The van der Waals surface area contributed by atoms with Gasteiger partial charge in [0.2, 0.25) is 0 Å². The topological polar surface area (TPSA) is 53.4 Å². The van der Waals surface area contributed by atoms with E-state index in [9.17, 15) is 4.79 Å². The first-order chi connectivity index (χ1) is 7.13. The summed E-state index contributed by atoms with van der Waals surface area (Å²) in [6.45, 7) is 2.93. The van der Waals surface area contributed by atoms with Gasteiger partial charge in [0.15, 0.2) is 0 Å². The van der Waals surface area contributed by atoms with Crippen LogP contribution in [0.1, 0.15) is 12.5 Å². The Morgan fingerprint density at radius 1 is 1.60 bits per heavy atom. The lowest BCUT2D eigenvalue weighted by molar-refractivity contribution is -0.131. The van der Waals surface area contributed by atoms with Crippen molar-refractivity contribution < 1.29 is 9.90 Å². The molecule has 15 heavy (non-hydrogen) atoms. The highest BCUT2D eigenvalue weighted by molar-refractivity contribution is 5.85. The fraction of sp³-hybridized carbons (Fsp3) is 0.273. The van der Waals surface area contributed by atoms with Gasteiger partial charge >= 0.3 is 5.97 Å². The summed E-state index contributed by atoms with van der Waals surface area (Å²) < 4.78 is 0. The molecule has 0 unspecified atom stereocenters. The summed E-state index contributed by atoms with van der Waals surface area (Å²) in [6.07, 6.45) is 4.27. The van der Waals surface area contributed by atoms with Crippen molar-refractivity contribution in [2.75, 3.05) is 18.5 Å². The number of hydrogen-bond donors (Lipinski definition) is 1. The van der Waals surface area contributed by atoms with E-state index in [0.29, 0.717) is 0 Å². The highest BCUT2D eigenvalue weighted by Crippen LogP contribution is 2.09. The minimum absolute atomic E-state index is 0.783. The zero-order valence-electron chi connectivity index (χ0n) is 8.84. The monoisotopic (exact) mass is 206 g/mol. The van der Waals surface area contributed by atoms with Gasteiger partial charge in [0.25, 0.3) is 0 Å². The molecule has 0 aliphatic carbocycles. The molecule has 0 fully saturated rings. The largest absolute Gasteiger partial charge is 0.478 e. The number of anilines is 1. The number of pyridine rings is 1. The van der Waals surface area contributed by atoms with Crippen LogP contribution in [0.3, 0.4) is 0 Å². The van der Waals surface area contributed by atoms with Crippen molar-refractivity contribution in [2.24, 2.45) is 0 Å². The first-order valence-electron chi connectivity index (χ1n) is 4.71. The molecular formula is C11H14N2O2. The van der Waals surface area contributed by atoms with Gasteiger partial charge < -0.3 is 10.0 Å². The summed E-state index contributed by atoms with van der Waals surface area (Å²) in [5.74, 6) is -0.0743. The van der Waals surface area contributed by atoms with E-state index in [0.717, 1.165) is 24.0 Å². The lowest BCUT2D eigenvalue weighted by Crippen LogP contribution is -2.16. The van der Waals surface area contributed by atoms with Crippen molar-refractivity contribution in [1.29, 1.82) is 0 Å². The van der Waals surface area contributed by atoms with E-state index in [-0.39, 0.29) is 0 Å². The van der Waals surface area contributed by atoms with Gasteiger partial charge in [-0.1, -0.05) is 0 Å². The molecular weight excluding hydrogens is 192 g/mol. The normalized spacial score (nSPS) is 10.5. The number of aliphatic carboxylic acids is 1. The third-order valence-electron chi connectivity index (χ3n) is 2.05. The number of nitrogens with zero attached hydrogens (tertiary/aromatic N) is 2. The quantitative estimate of drug-likeness (QED) is 0.761. The van der Waals surface area contributed by atoms with Gasteiger partial charge in [-0.15, -0.1) is 0 Å². The Morgan fingerprint density at radius 2 is 2.33 bits per heavy atom. The summed E-state index contributed by atoms with van der Waals surface area (Å²) in [4.78, 5) is 16.5. The number of carboxylic acids is 1. The summed E-state index contributed by atoms with van der Waals surface area (Å²) >= 11 is 0. The smallest absolute Gasteiger partial charge is 0.328 e. The molecule has 0 radical (unpaired) electrons. The molecule has 1 aromatic heterocycles. The fourth-order valence-electron chi connectivity index (χ4n) is 1.05. The predicted molar refractivity (Wildman–Crippen MR) is 59.9 cm³/mol. The Kier molecular flexibility index (Phi) is 3.85. The van der Waals surface area contributed by atoms with E-state index in [1.165, 1.54) is 6.08 Å². The molecule has 0 saturated carbocycles. The van der Waals surface area contributed by atoms with Crippen molar-refractivity contribution in [2.45, 2.75) is 6.92 Å². The van der Waals surface area contributed by atoms with E-state index < -0.39 is 5.97 Å². The highest BCUT2D eigenvalue weighted by Gasteiger charge is 1.98. The molecule has 4 heteroatoms. The maximum atomic E-state index is 10.3. The number of carbonyl (C=O) groups is 1. The number of hydrogen-bond acceptors (Lipinski definition) is 3. The molecule has 1 rings (SSSR count). The van der Waals surface area contributed by atoms with Gasteiger partial charge in [-0.25, -0.2) is 9.78 Å². The average Bonchev–Trinajstić information content (AvgIpc) is 2.26. The van der Waals surface area contributed by atoms with E-state index in [1.54, 1.807) is 6.20 Å². The van der Waals surface area contributed by atoms with Crippen LogP contribution >= 0.6 is 0 Å². The first kappa shape index (κ1) is 11.2. The Hall–Kier alpha value is -1.84. The molecule has 0 aliphatic rings. The molecule has 0 aliphatic heterocycles. The Morgan fingerprint density at radius 3 is 2.80 bits per heavy atom. The van der Waals surface area contributed by atoms with Crippen molar-refractivity contribution in [3.8, 4) is 0 Å². The van der Waals surface area contributed by atoms with Crippen LogP contribution in [0.25, 0.3) is 6.08 Å². The van der Waals surface area contributed by atoms with Crippen LogP contribution < -0.4 is 4.90 Å². The van der Waals surface area contributed by atoms with E-state index in [1.807, 2.05) is 31.0 Å². The third-order valence-corrected chi connectivity index (χ3v) is 2.05. The molecule has 0 aromatic carbocycles. The maximum Gasteiger partial charge on any atom is 0.328 e. The Bertz CT molecular complexity index is 357. The van der Waals surface area contributed by atoms with Crippen LogP contribution in [0.15, 0.2) is 24.4 Å². The third kappa shape index (κ3) is 3.42. The second kappa shape index (κ2) is 5.14. The van der Waals surface area contributed by atoms with Gasteiger partial charge in [-0.3, -0.25) is 0 Å². The lowest BCUT2D eigenvalue weighted by atomic mass is 10.2. The summed E-state index contributed by atoms with van der Waals surface area (Å²) in [6, 6.07) is 3.71. The molecule has 0 bridgehead atoms. The average molecular weight is 206 g/mol. The van der Waals surface area contributed by atoms with Crippen molar-refractivity contribution in [1.82, 2.24) is 4.98 Å². The minimum atomic E-state index is -0.954. The molecule has 0 amide bonds. The second-order valence-corrected chi connectivity index (χ2v) is 3.14. The Labute approximate surface area is 88.9 Å². The van der Waals surface area contributed by atoms with Crippen LogP contribution in [-0.2, 0) is 4.79 Å². The van der Waals surface area contributed by atoms with Crippen LogP contribution in [0.5, 0.6) is 0 Å². The van der Waals surface area contributed by atoms with Crippen LogP contribution in [0.2, 0.25) is 0 Å². The van der Waals surface area contributed by atoms with Crippen LogP contribution in [0.4, 0.5) is 5.82 Å². The van der Waals surface area contributed by atoms with Gasteiger partial charge in [-0.05, 0) is 30.7 Å². The molecule has 0 saturated heterocycles. The van der Waals surface area contributed by atoms with Gasteiger partial charge in [0, 0.05) is 25.9 Å². The van der Waals surface area contributed by atoms with Gasteiger partial charge in [0.05, 0.1) is 0 Å². The molecule has 1 heterocycles. The summed E-state index contributed by atoms with van der Waals surface area (Å²) in [7, 11) is 1.95. The second-order valence-electron chi connectivity index (χ2n) is 3.14. The standard InChI is InChI=1S/C11H14N2O2/c1-3-13(2)10-6-4-9(8-12-10)5-7-11(14)15/h4-8H,3H2,1-2H3,(H,14,15)/b7-5+. The van der Waals surface area contributed by atoms with Gasteiger partial charge in [0.1, 0.15) is 5.82 Å². The molecule has 0 spiro atoms. The van der Waals surface area contributed by atoms with Crippen molar-refractivity contribution in [3.05, 3.63) is 30.0 Å². The van der Waals surface area contributed by atoms with E-state index >= 15 is 0 Å². The lowest BCUT2D eigenvalue weighted by Gasteiger charge is -2.14. The summed E-state index contributed by atoms with van der Waals surface area (Å²) in [5, 5.41) is 8.44. The van der Waals surface area contributed by atoms with E-state index in [2.05, 4.69) is 4.98 Å². The zero-order chi connectivity index (χ0) is 11.3. The fourth-order valence-corrected chi connectivity index (χ4v) is 1.05. The molecule has 1 N–H and O–H groups in total. The molecule has 4 nitrogen and oxygen atoms in total. The number of carboxylic acid groups (broad SMARTS) is 1. The van der Waals surface area contributed by atoms with Crippen molar-refractivity contribution in [3.63, 3.8) is 0 Å². The first-order valence-corrected chi connectivity index (χ1v) is 4.71. The van der Waals surface area contributed by atoms with E-state index in [4.69, 9.17) is 5.11 Å². The van der Waals surface area contributed by atoms with Gasteiger partial charge in [-0.2, -0.15) is 0 Å². The molecule has 0 atom stereocenters. The Balaban J connectivity index is 2.76. The molecule has 1 aromatic rings. The van der Waals surface area contributed by atoms with Crippen LogP contribution in [0, 0.1) is 0 Å². The SMILES string of the molecule is CCN(C)c1ccc(/C=C/C(=O)O)cn1. The predicted octanol–water partition coefficient (Wildman–Crippen LogP) is 1.64. The maximum absolute atomic E-state index is 10.3. The van der Waals surface area contributed by atoms with Crippen molar-refractivity contribution >= 4 is 17.9 Å². The highest BCUT2D eigenvalue weighted by atomic mass is 16.4. The zero-order valence-corrected chi connectivity index (χ0v) is 8.84. The van der Waals surface area contributed by atoms with Crippen LogP contribution in [-0.4, -0.2) is 29.7 Å². The summed E-state index contributed by atoms with van der Waals surface area (Å²) in [5.41, 5.74) is 0.783. The number of aromatic nitrogens is 1. The number of rotatable bonds is 4. The minimum Gasteiger partial charge on any atom is -0.478 e. The molecule has 80 valence electrons.